The van der Waals surface area contributed by atoms with E-state index in [1.807, 2.05) is 36.1 Å². The molecule has 2 saturated heterocycles. The molecule has 0 aromatic heterocycles. The van der Waals surface area contributed by atoms with Crippen LogP contribution in [0.25, 0.3) is 0 Å². The molecule has 1 aromatic carbocycles. The monoisotopic (exact) mass is 406 g/mol. The Balaban J connectivity index is 1.38. The molecule has 1 N–H and O–H groups in total. The van der Waals surface area contributed by atoms with E-state index in [1.54, 1.807) is 0 Å². The minimum absolute atomic E-state index is 0.00487. The molecule has 28 heavy (non-hydrogen) atoms. The molecule has 2 aliphatic rings. The van der Waals surface area contributed by atoms with Crippen molar-refractivity contribution in [3.63, 3.8) is 0 Å². The molecule has 2 aliphatic heterocycles. The van der Waals surface area contributed by atoms with Crippen LogP contribution in [0.5, 0.6) is 0 Å². The fourth-order valence-electron chi connectivity index (χ4n) is 3.93. The average molecular weight is 407 g/mol. The fourth-order valence-corrected chi connectivity index (χ4v) is 4.23. The average Bonchev–Trinajstić information content (AvgIpc) is 2.70. The molecule has 0 aliphatic carbocycles. The van der Waals surface area contributed by atoms with E-state index in [0.717, 1.165) is 57.7 Å². The van der Waals surface area contributed by atoms with Crippen LogP contribution in [0.4, 0.5) is 0 Å². The first-order valence-corrected chi connectivity index (χ1v) is 10.7. The van der Waals surface area contributed by atoms with E-state index in [-0.39, 0.29) is 17.9 Å². The number of carbonyl (C=O) groups is 2. The molecule has 0 bridgehead atoms. The van der Waals surface area contributed by atoms with Crippen molar-refractivity contribution in [2.75, 3.05) is 52.4 Å². The Kier molecular flexibility index (Phi) is 7.71. The van der Waals surface area contributed by atoms with Gasteiger partial charge in [0.05, 0.1) is 19.1 Å². The van der Waals surface area contributed by atoms with Crippen molar-refractivity contribution in [2.24, 2.45) is 0 Å². The molecular formula is C21H31ClN4O2. The first-order chi connectivity index (χ1) is 13.5. The maximum Gasteiger partial charge on any atom is 0.236 e. The van der Waals surface area contributed by atoms with E-state index in [1.165, 1.54) is 6.42 Å². The van der Waals surface area contributed by atoms with Crippen LogP contribution in [0, 0.1) is 0 Å². The van der Waals surface area contributed by atoms with E-state index in [4.69, 9.17) is 11.6 Å². The van der Waals surface area contributed by atoms with Gasteiger partial charge in [0.15, 0.2) is 0 Å². The smallest absolute Gasteiger partial charge is 0.236 e. The number of carbonyl (C=O) groups excluding carboxylic acids is 2. The molecule has 0 saturated carbocycles. The number of hydrogen-bond donors (Lipinski definition) is 1. The van der Waals surface area contributed by atoms with E-state index in [2.05, 4.69) is 15.1 Å². The Morgan fingerprint density at radius 2 is 1.57 bits per heavy atom. The van der Waals surface area contributed by atoms with Crippen LogP contribution in [0.3, 0.4) is 0 Å². The molecule has 0 unspecified atom stereocenters. The molecule has 2 amide bonds. The SMILES string of the molecule is C[C@@H](NC(=O)CN1CCN(CC(=O)N2CCCCC2)CC1)c1ccccc1Cl. The number of halogens is 1. The molecule has 1 atom stereocenters. The fraction of sp³-hybridized carbons (Fsp3) is 0.619. The van der Waals surface area contributed by atoms with Gasteiger partial charge >= 0.3 is 0 Å². The summed E-state index contributed by atoms with van der Waals surface area (Å²) >= 11 is 6.21. The van der Waals surface area contributed by atoms with Gasteiger partial charge in [-0.3, -0.25) is 19.4 Å². The predicted octanol–water partition coefficient (Wildman–Crippen LogP) is 2.15. The van der Waals surface area contributed by atoms with Gasteiger partial charge in [0.2, 0.25) is 11.8 Å². The van der Waals surface area contributed by atoms with Crippen molar-refractivity contribution in [3.05, 3.63) is 34.9 Å². The summed E-state index contributed by atoms with van der Waals surface area (Å²) in [6, 6.07) is 7.46. The van der Waals surface area contributed by atoms with Crippen LogP contribution in [-0.4, -0.2) is 78.9 Å². The lowest BCUT2D eigenvalue weighted by Crippen LogP contribution is -2.52. The third-order valence-electron chi connectivity index (χ3n) is 5.65. The minimum atomic E-state index is -0.121. The number of likely N-dealkylation sites (tertiary alicyclic amines) is 1. The second-order valence-electron chi connectivity index (χ2n) is 7.80. The van der Waals surface area contributed by atoms with Crippen LogP contribution >= 0.6 is 11.6 Å². The summed E-state index contributed by atoms with van der Waals surface area (Å²) < 4.78 is 0. The first kappa shape index (κ1) is 21.1. The Bertz CT molecular complexity index is 670. The number of rotatable bonds is 6. The maximum atomic E-state index is 12.4. The molecule has 154 valence electrons. The van der Waals surface area contributed by atoms with E-state index < -0.39 is 0 Å². The van der Waals surface area contributed by atoms with E-state index in [9.17, 15) is 9.59 Å². The van der Waals surface area contributed by atoms with Crippen molar-refractivity contribution in [2.45, 2.75) is 32.2 Å². The summed E-state index contributed by atoms with van der Waals surface area (Å²) in [4.78, 5) is 31.2. The van der Waals surface area contributed by atoms with Gasteiger partial charge < -0.3 is 10.2 Å². The van der Waals surface area contributed by atoms with Gasteiger partial charge in [0.1, 0.15) is 0 Å². The molecule has 2 fully saturated rings. The molecule has 6 nitrogen and oxygen atoms in total. The van der Waals surface area contributed by atoms with Crippen LogP contribution in [-0.2, 0) is 9.59 Å². The lowest BCUT2D eigenvalue weighted by atomic mass is 10.1. The number of hydrogen-bond acceptors (Lipinski definition) is 4. The number of benzene rings is 1. The number of nitrogens with zero attached hydrogens (tertiary/aromatic N) is 3. The van der Waals surface area contributed by atoms with Gasteiger partial charge in [0.25, 0.3) is 0 Å². The summed E-state index contributed by atoms with van der Waals surface area (Å²) in [5.74, 6) is 0.254. The van der Waals surface area contributed by atoms with E-state index >= 15 is 0 Å². The lowest BCUT2D eigenvalue weighted by molar-refractivity contribution is -0.134. The third-order valence-corrected chi connectivity index (χ3v) is 5.99. The summed E-state index contributed by atoms with van der Waals surface area (Å²) in [7, 11) is 0. The summed E-state index contributed by atoms with van der Waals surface area (Å²) in [5, 5.41) is 3.70. The summed E-state index contributed by atoms with van der Waals surface area (Å²) in [6.45, 7) is 7.91. The highest BCUT2D eigenvalue weighted by molar-refractivity contribution is 6.31. The van der Waals surface area contributed by atoms with Crippen LogP contribution in [0.1, 0.15) is 37.8 Å². The zero-order valence-electron chi connectivity index (χ0n) is 16.7. The van der Waals surface area contributed by atoms with Gasteiger partial charge in [0, 0.05) is 44.3 Å². The first-order valence-electron chi connectivity index (χ1n) is 10.3. The van der Waals surface area contributed by atoms with Gasteiger partial charge in [-0.1, -0.05) is 29.8 Å². The molecule has 7 heteroatoms. The highest BCUT2D eigenvalue weighted by Gasteiger charge is 2.24. The van der Waals surface area contributed by atoms with Crippen LogP contribution in [0.2, 0.25) is 5.02 Å². The Morgan fingerprint density at radius 1 is 0.964 bits per heavy atom. The zero-order valence-corrected chi connectivity index (χ0v) is 17.5. The van der Waals surface area contributed by atoms with Gasteiger partial charge in [-0.25, -0.2) is 0 Å². The molecule has 0 spiro atoms. The van der Waals surface area contributed by atoms with Crippen LogP contribution < -0.4 is 5.32 Å². The number of amides is 2. The highest BCUT2D eigenvalue weighted by atomic mass is 35.5. The third kappa shape index (κ3) is 5.93. The maximum absolute atomic E-state index is 12.4. The highest BCUT2D eigenvalue weighted by Crippen LogP contribution is 2.22. The minimum Gasteiger partial charge on any atom is -0.348 e. The Hall–Kier alpha value is -1.63. The van der Waals surface area contributed by atoms with Crippen LogP contribution in [0.15, 0.2) is 24.3 Å². The van der Waals surface area contributed by atoms with Gasteiger partial charge in [-0.2, -0.15) is 0 Å². The topological polar surface area (TPSA) is 55.9 Å². The molecule has 2 heterocycles. The second-order valence-corrected chi connectivity index (χ2v) is 8.21. The molecular weight excluding hydrogens is 376 g/mol. The quantitative estimate of drug-likeness (QED) is 0.786. The van der Waals surface area contributed by atoms with Crippen molar-refractivity contribution >= 4 is 23.4 Å². The predicted molar refractivity (Wildman–Crippen MR) is 111 cm³/mol. The van der Waals surface area contributed by atoms with Crippen molar-refractivity contribution in [3.8, 4) is 0 Å². The van der Waals surface area contributed by atoms with Crippen molar-refractivity contribution in [1.82, 2.24) is 20.0 Å². The van der Waals surface area contributed by atoms with Gasteiger partial charge in [-0.15, -0.1) is 0 Å². The van der Waals surface area contributed by atoms with Crippen molar-refractivity contribution in [1.29, 1.82) is 0 Å². The number of piperazine rings is 1. The lowest BCUT2D eigenvalue weighted by Gasteiger charge is -2.35. The summed E-state index contributed by atoms with van der Waals surface area (Å²) in [5.41, 5.74) is 0.929. The Morgan fingerprint density at radius 3 is 2.21 bits per heavy atom. The Labute approximate surface area is 172 Å². The largest absolute Gasteiger partial charge is 0.348 e. The van der Waals surface area contributed by atoms with Gasteiger partial charge in [-0.05, 0) is 37.8 Å². The summed E-state index contributed by atoms with van der Waals surface area (Å²) in [6.07, 6.45) is 3.49. The molecule has 3 rings (SSSR count). The zero-order chi connectivity index (χ0) is 19.9. The number of piperidine rings is 1. The molecule has 0 radical (unpaired) electrons. The normalized spacial score (nSPS) is 20.0. The number of nitrogens with one attached hydrogen (secondary N) is 1. The van der Waals surface area contributed by atoms with Crippen molar-refractivity contribution < 1.29 is 9.59 Å². The molecule has 1 aromatic rings. The second kappa shape index (κ2) is 10.2. The van der Waals surface area contributed by atoms with E-state index in [0.29, 0.717) is 18.1 Å². The standard InChI is InChI=1S/C21H31ClN4O2/c1-17(18-7-3-4-8-19(18)22)23-20(27)15-24-11-13-25(14-12-24)16-21(28)26-9-5-2-6-10-26/h3-4,7-8,17H,2,5-6,9-16H2,1H3,(H,23,27)/t17-/m1/s1.